The lowest BCUT2D eigenvalue weighted by molar-refractivity contribution is -0.137. The number of likely N-dealkylation sites (tertiary alicyclic amines) is 1. The van der Waals surface area contributed by atoms with Crippen molar-refractivity contribution in [2.24, 2.45) is 0 Å². The normalized spacial score (nSPS) is 23.4. The highest BCUT2D eigenvalue weighted by atomic mass is 16.2. The van der Waals surface area contributed by atoms with Gasteiger partial charge in [0, 0.05) is 13.6 Å². The van der Waals surface area contributed by atoms with Crippen molar-refractivity contribution in [1.82, 2.24) is 10.2 Å². The molecule has 1 saturated heterocycles. The van der Waals surface area contributed by atoms with Gasteiger partial charge in [-0.3, -0.25) is 14.5 Å². The average Bonchev–Trinajstić information content (AvgIpc) is 2.30. The molecule has 4 heteroatoms. The molecule has 0 aromatic rings. The first-order chi connectivity index (χ1) is 5.66. The molecule has 0 spiro atoms. The molecule has 1 aliphatic rings. The highest BCUT2D eigenvalue weighted by Crippen LogP contribution is 2.09. The summed E-state index contributed by atoms with van der Waals surface area (Å²) in [6, 6.07) is -0.347. The van der Waals surface area contributed by atoms with Gasteiger partial charge in [0.15, 0.2) is 0 Å². The molecule has 1 heterocycles. The molecule has 0 bridgehead atoms. The second-order valence-electron chi connectivity index (χ2n) is 2.74. The molecule has 1 aliphatic heterocycles. The first-order valence-corrected chi connectivity index (χ1v) is 3.81. The van der Waals surface area contributed by atoms with Crippen LogP contribution in [-0.4, -0.2) is 36.3 Å². The standard InChI is InChI=1S/C8H12N2O2/c1-3-4-9-6-5-7(11)10(2)8(6)12/h3,6,9H,1,4-5H2,2H3. The van der Waals surface area contributed by atoms with Crippen LogP contribution < -0.4 is 5.32 Å². The van der Waals surface area contributed by atoms with E-state index in [1.807, 2.05) is 0 Å². The van der Waals surface area contributed by atoms with Crippen LogP contribution in [0.5, 0.6) is 0 Å². The summed E-state index contributed by atoms with van der Waals surface area (Å²) in [5.74, 6) is -0.275. The van der Waals surface area contributed by atoms with Crippen molar-refractivity contribution in [3.8, 4) is 0 Å². The molecule has 1 fully saturated rings. The summed E-state index contributed by atoms with van der Waals surface area (Å²) in [6.07, 6.45) is 1.93. The number of carbonyl (C=O) groups is 2. The number of amides is 2. The summed E-state index contributed by atoms with van der Waals surface area (Å²) in [7, 11) is 1.50. The maximum atomic E-state index is 11.2. The van der Waals surface area contributed by atoms with Crippen LogP contribution >= 0.6 is 0 Å². The first kappa shape index (κ1) is 8.93. The molecule has 4 nitrogen and oxygen atoms in total. The van der Waals surface area contributed by atoms with E-state index in [-0.39, 0.29) is 24.3 Å². The fourth-order valence-corrected chi connectivity index (χ4v) is 1.14. The Morgan fingerprint density at radius 1 is 1.75 bits per heavy atom. The maximum Gasteiger partial charge on any atom is 0.246 e. The number of imide groups is 1. The van der Waals surface area contributed by atoms with Gasteiger partial charge in [-0.2, -0.15) is 0 Å². The Bertz CT molecular complexity index is 225. The van der Waals surface area contributed by atoms with Crippen LogP contribution in [0.1, 0.15) is 6.42 Å². The van der Waals surface area contributed by atoms with Crippen LogP contribution in [0, 0.1) is 0 Å². The summed E-state index contributed by atoms with van der Waals surface area (Å²) in [6.45, 7) is 4.07. The fourth-order valence-electron chi connectivity index (χ4n) is 1.14. The second-order valence-corrected chi connectivity index (χ2v) is 2.74. The molecule has 66 valence electrons. The molecule has 1 unspecified atom stereocenters. The number of likely N-dealkylation sites (N-methyl/N-ethyl adjacent to an activating group) is 1. The van der Waals surface area contributed by atoms with Crippen LogP contribution in [0.2, 0.25) is 0 Å². The van der Waals surface area contributed by atoms with E-state index in [1.165, 1.54) is 7.05 Å². The van der Waals surface area contributed by atoms with Crippen molar-refractivity contribution < 1.29 is 9.59 Å². The minimum atomic E-state index is -0.347. The third kappa shape index (κ3) is 1.53. The van der Waals surface area contributed by atoms with E-state index < -0.39 is 0 Å². The van der Waals surface area contributed by atoms with Gasteiger partial charge in [0.05, 0.1) is 12.5 Å². The van der Waals surface area contributed by atoms with Crippen LogP contribution in [-0.2, 0) is 9.59 Å². The Balaban J connectivity index is 2.52. The van der Waals surface area contributed by atoms with Crippen molar-refractivity contribution in [3.63, 3.8) is 0 Å². The predicted octanol–water partition coefficient (Wildman–Crippen LogP) is -0.481. The minimum absolute atomic E-state index is 0.124. The van der Waals surface area contributed by atoms with Crippen LogP contribution in [0.25, 0.3) is 0 Å². The summed E-state index contributed by atoms with van der Waals surface area (Å²) in [5, 5.41) is 2.91. The van der Waals surface area contributed by atoms with Gasteiger partial charge in [-0.05, 0) is 0 Å². The summed E-state index contributed by atoms with van der Waals surface area (Å²) in [4.78, 5) is 23.4. The zero-order valence-electron chi connectivity index (χ0n) is 7.04. The largest absolute Gasteiger partial charge is 0.302 e. The molecule has 0 aromatic heterocycles. The average molecular weight is 168 g/mol. The molecule has 1 atom stereocenters. The van der Waals surface area contributed by atoms with Crippen molar-refractivity contribution >= 4 is 11.8 Å². The van der Waals surface area contributed by atoms with E-state index in [0.29, 0.717) is 6.54 Å². The minimum Gasteiger partial charge on any atom is -0.302 e. The number of nitrogens with zero attached hydrogens (tertiary/aromatic N) is 1. The van der Waals surface area contributed by atoms with Gasteiger partial charge in [-0.25, -0.2) is 0 Å². The van der Waals surface area contributed by atoms with Crippen LogP contribution in [0.15, 0.2) is 12.7 Å². The zero-order valence-corrected chi connectivity index (χ0v) is 7.04. The molecular weight excluding hydrogens is 156 g/mol. The summed E-state index contributed by atoms with van der Waals surface area (Å²) >= 11 is 0. The van der Waals surface area contributed by atoms with E-state index in [1.54, 1.807) is 6.08 Å². The third-order valence-electron chi connectivity index (χ3n) is 1.89. The van der Waals surface area contributed by atoms with Gasteiger partial charge in [0.1, 0.15) is 0 Å². The summed E-state index contributed by atoms with van der Waals surface area (Å²) < 4.78 is 0. The van der Waals surface area contributed by atoms with Crippen LogP contribution in [0.4, 0.5) is 0 Å². The Morgan fingerprint density at radius 3 is 2.83 bits per heavy atom. The van der Waals surface area contributed by atoms with Gasteiger partial charge < -0.3 is 5.32 Å². The molecule has 0 aromatic carbocycles. The Kier molecular flexibility index (Phi) is 2.60. The molecule has 0 aliphatic carbocycles. The van der Waals surface area contributed by atoms with Crippen molar-refractivity contribution in [3.05, 3.63) is 12.7 Å². The molecule has 2 amide bonds. The Morgan fingerprint density at radius 2 is 2.42 bits per heavy atom. The van der Waals surface area contributed by atoms with Gasteiger partial charge in [0.2, 0.25) is 11.8 Å². The SMILES string of the molecule is C=CCNC1CC(=O)N(C)C1=O. The van der Waals surface area contributed by atoms with Gasteiger partial charge in [-0.15, -0.1) is 6.58 Å². The smallest absolute Gasteiger partial charge is 0.246 e. The molecular formula is C8H12N2O2. The lowest BCUT2D eigenvalue weighted by atomic mass is 10.2. The molecule has 1 N–H and O–H groups in total. The fraction of sp³-hybridized carbons (Fsp3) is 0.500. The van der Waals surface area contributed by atoms with E-state index in [4.69, 9.17) is 0 Å². The van der Waals surface area contributed by atoms with Crippen LogP contribution in [0.3, 0.4) is 0 Å². The highest BCUT2D eigenvalue weighted by Gasteiger charge is 2.35. The van der Waals surface area contributed by atoms with Crippen molar-refractivity contribution in [1.29, 1.82) is 0 Å². The van der Waals surface area contributed by atoms with Crippen molar-refractivity contribution in [2.45, 2.75) is 12.5 Å². The Labute approximate surface area is 71.2 Å². The van der Waals surface area contributed by atoms with Gasteiger partial charge in [0.25, 0.3) is 0 Å². The molecule has 12 heavy (non-hydrogen) atoms. The molecule has 0 saturated carbocycles. The van der Waals surface area contributed by atoms with Crippen molar-refractivity contribution in [2.75, 3.05) is 13.6 Å². The lowest BCUT2D eigenvalue weighted by Crippen LogP contribution is -2.37. The monoisotopic (exact) mass is 168 g/mol. The highest BCUT2D eigenvalue weighted by molar-refractivity contribution is 6.05. The predicted molar refractivity (Wildman–Crippen MR) is 44.4 cm³/mol. The van der Waals surface area contributed by atoms with E-state index >= 15 is 0 Å². The molecule has 0 radical (unpaired) electrons. The topological polar surface area (TPSA) is 49.4 Å². The van der Waals surface area contributed by atoms with E-state index in [0.717, 1.165) is 4.90 Å². The number of carbonyl (C=O) groups excluding carboxylic acids is 2. The Hall–Kier alpha value is -1.16. The number of hydrogen-bond donors (Lipinski definition) is 1. The van der Waals surface area contributed by atoms with E-state index in [2.05, 4.69) is 11.9 Å². The third-order valence-corrected chi connectivity index (χ3v) is 1.89. The molecule has 1 rings (SSSR count). The van der Waals surface area contributed by atoms with E-state index in [9.17, 15) is 9.59 Å². The lowest BCUT2D eigenvalue weighted by Gasteiger charge is -2.08. The maximum absolute atomic E-state index is 11.2. The second kappa shape index (κ2) is 3.49. The quantitative estimate of drug-likeness (QED) is 0.457. The zero-order chi connectivity index (χ0) is 9.14. The first-order valence-electron chi connectivity index (χ1n) is 3.81. The summed E-state index contributed by atoms with van der Waals surface area (Å²) in [5.41, 5.74) is 0. The number of rotatable bonds is 3. The number of hydrogen-bond acceptors (Lipinski definition) is 3. The van der Waals surface area contributed by atoms with Gasteiger partial charge >= 0.3 is 0 Å². The number of nitrogens with one attached hydrogen (secondary N) is 1. The van der Waals surface area contributed by atoms with Gasteiger partial charge in [-0.1, -0.05) is 6.08 Å².